The maximum atomic E-state index is 5.24. The van der Waals surface area contributed by atoms with Crippen LogP contribution >= 0.6 is 12.6 Å². The molecule has 0 amide bonds. The third kappa shape index (κ3) is 4.52. The summed E-state index contributed by atoms with van der Waals surface area (Å²) in [5.41, 5.74) is -0.282. The highest BCUT2D eigenvalue weighted by Crippen LogP contribution is 2.10. The van der Waals surface area contributed by atoms with Crippen LogP contribution in [0.25, 0.3) is 0 Å². The predicted molar refractivity (Wildman–Crippen MR) is 57.8 cm³/mol. The van der Waals surface area contributed by atoms with Gasteiger partial charge in [0.1, 0.15) is 6.34 Å². The monoisotopic (exact) mass is 202 g/mol. The van der Waals surface area contributed by atoms with E-state index < -0.39 is 0 Å². The summed E-state index contributed by atoms with van der Waals surface area (Å²) in [6, 6.07) is 0. The number of hydrogen-bond donors (Lipinski definition) is 1. The number of hydrogen-bond acceptors (Lipinski definition) is 4. The van der Waals surface area contributed by atoms with E-state index in [-0.39, 0.29) is 5.56 Å². The fourth-order valence-corrected chi connectivity index (χ4v) is 1.47. The minimum atomic E-state index is -0.282. The van der Waals surface area contributed by atoms with E-state index in [1.54, 1.807) is 11.4 Å². The van der Waals surface area contributed by atoms with Crippen LogP contribution in [0.5, 0.6) is 0 Å². The Bertz CT molecular complexity index is 164. The first-order chi connectivity index (χ1) is 6.33. The first-order valence-electron chi connectivity index (χ1n) is 4.97. The van der Waals surface area contributed by atoms with E-state index in [9.17, 15) is 0 Å². The Morgan fingerprint density at radius 3 is 2.77 bits per heavy atom. The van der Waals surface area contributed by atoms with Gasteiger partial charge in [0.25, 0.3) is 0 Å². The van der Waals surface area contributed by atoms with E-state index in [0.29, 0.717) is 0 Å². The van der Waals surface area contributed by atoms with Gasteiger partial charge in [-0.2, -0.15) is 0 Å². The van der Waals surface area contributed by atoms with Gasteiger partial charge in [-0.1, -0.05) is 32.6 Å². The number of rotatable bonds is 6. The lowest BCUT2D eigenvalue weighted by atomic mass is 10.1. The summed E-state index contributed by atoms with van der Waals surface area (Å²) in [6.45, 7) is 3.16. The van der Waals surface area contributed by atoms with E-state index in [0.717, 1.165) is 6.54 Å². The maximum Gasteiger partial charge on any atom is 0.220 e. The Balaban J connectivity index is 1.92. The summed E-state index contributed by atoms with van der Waals surface area (Å²) in [6.07, 6.45) is 8.12. The Morgan fingerprint density at radius 2 is 2.15 bits per heavy atom. The molecule has 0 N–H and O–H groups in total. The number of thiol groups is 1. The second kappa shape index (κ2) is 6.27. The Hall–Kier alpha value is -0.220. The fraction of sp³-hybridized carbons (Fsp3) is 0.889. The molecule has 0 fully saturated rings. The summed E-state index contributed by atoms with van der Waals surface area (Å²) in [5.74, 6) is 0. The zero-order valence-corrected chi connectivity index (χ0v) is 9.04. The third-order valence-electron chi connectivity index (χ3n) is 2.03. The Labute approximate surface area is 85.5 Å². The van der Waals surface area contributed by atoms with Gasteiger partial charge in [-0.25, -0.2) is 14.9 Å². The van der Waals surface area contributed by atoms with Crippen molar-refractivity contribution in [2.45, 2.75) is 44.6 Å². The Kier molecular flexibility index (Phi) is 5.23. The van der Waals surface area contributed by atoms with Crippen molar-refractivity contribution in [1.29, 1.82) is 0 Å². The van der Waals surface area contributed by atoms with Gasteiger partial charge in [-0.3, -0.25) is 0 Å². The van der Waals surface area contributed by atoms with Crippen LogP contribution in [0.1, 0.15) is 39.0 Å². The van der Waals surface area contributed by atoms with Crippen LogP contribution in [0, 0.1) is 0 Å². The van der Waals surface area contributed by atoms with E-state index in [1.807, 2.05) is 0 Å². The highest BCUT2D eigenvalue weighted by atomic mass is 32.1. The van der Waals surface area contributed by atoms with Crippen molar-refractivity contribution < 1.29 is 4.84 Å². The SMILES string of the molecule is CCCCCCCN1C=NC(S)O1. The van der Waals surface area contributed by atoms with Crippen LogP contribution in [-0.4, -0.2) is 23.5 Å². The second-order valence-electron chi connectivity index (χ2n) is 3.25. The zero-order chi connectivity index (χ0) is 9.52. The molecule has 0 saturated heterocycles. The topological polar surface area (TPSA) is 24.8 Å². The number of aliphatic imine (C=N–C) groups is 1. The van der Waals surface area contributed by atoms with E-state index in [4.69, 9.17) is 4.84 Å². The summed E-state index contributed by atoms with van der Waals surface area (Å²) in [7, 11) is 0. The molecule has 0 spiro atoms. The predicted octanol–water partition coefficient (Wildman–Crippen LogP) is 2.45. The van der Waals surface area contributed by atoms with E-state index in [1.165, 1.54) is 32.1 Å². The second-order valence-corrected chi connectivity index (χ2v) is 3.69. The summed E-state index contributed by atoms with van der Waals surface area (Å²) < 4.78 is 0. The largest absolute Gasteiger partial charge is 0.240 e. The van der Waals surface area contributed by atoms with Crippen LogP contribution in [0.4, 0.5) is 0 Å². The van der Waals surface area contributed by atoms with E-state index in [2.05, 4.69) is 24.5 Å². The maximum absolute atomic E-state index is 5.24. The first kappa shape index (κ1) is 10.9. The van der Waals surface area contributed by atoms with Crippen molar-refractivity contribution >= 4 is 19.0 Å². The van der Waals surface area contributed by atoms with Crippen molar-refractivity contribution in [3.63, 3.8) is 0 Å². The van der Waals surface area contributed by atoms with Gasteiger partial charge in [-0.15, -0.1) is 12.6 Å². The van der Waals surface area contributed by atoms with Gasteiger partial charge in [0.15, 0.2) is 0 Å². The molecule has 76 valence electrons. The van der Waals surface area contributed by atoms with Crippen molar-refractivity contribution in [2.75, 3.05) is 6.54 Å². The molecule has 1 rings (SSSR count). The molecular weight excluding hydrogens is 184 g/mol. The number of nitrogens with zero attached hydrogens (tertiary/aromatic N) is 2. The lowest BCUT2D eigenvalue weighted by Gasteiger charge is -2.13. The average Bonchev–Trinajstić information content (AvgIpc) is 2.51. The number of hydroxylamine groups is 2. The lowest BCUT2D eigenvalue weighted by Crippen LogP contribution is -2.20. The molecule has 1 atom stereocenters. The van der Waals surface area contributed by atoms with Gasteiger partial charge in [-0.05, 0) is 6.42 Å². The molecule has 4 heteroatoms. The average molecular weight is 202 g/mol. The molecule has 1 aliphatic rings. The molecule has 1 aliphatic heterocycles. The van der Waals surface area contributed by atoms with Gasteiger partial charge in [0.2, 0.25) is 5.56 Å². The van der Waals surface area contributed by atoms with Gasteiger partial charge < -0.3 is 0 Å². The van der Waals surface area contributed by atoms with Crippen molar-refractivity contribution in [3.05, 3.63) is 0 Å². The summed E-state index contributed by atoms with van der Waals surface area (Å²) in [5, 5.41) is 1.77. The van der Waals surface area contributed by atoms with Crippen molar-refractivity contribution in [1.82, 2.24) is 5.06 Å². The lowest BCUT2D eigenvalue weighted by molar-refractivity contribution is -0.0861. The molecule has 3 nitrogen and oxygen atoms in total. The molecule has 0 aromatic heterocycles. The molecule has 1 heterocycles. The molecule has 0 radical (unpaired) electrons. The minimum Gasteiger partial charge on any atom is -0.240 e. The van der Waals surface area contributed by atoms with E-state index >= 15 is 0 Å². The molecule has 0 bridgehead atoms. The summed E-state index contributed by atoms with van der Waals surface area (Å²) in [4.78, 5) is 9.22. The Morgan fingerprint density at radius 1 is 1.38 bits per heavy atom. The molecule has 0 aromatic rings. The highest BCUT2D eigenvalue weighted by molar-refractivity contribution is 7.80. The number of unbranched alkanes of at least 4 members (excludes halogenated alkanes) is 4. The first-order valence-corrected chi connectivity index (χ1v) is 5.49. The van der Waals surface area contributed by atoms with Crippen molar-refractivity contribution in [2.24, 2.45) is 4.99 Å². The van der Waals surface area contributed by atoms with Crippen molar-refractivity contribution in [3.8, 4) is 0 Å². The molecule has 13 heavy (non-hydrogen) atoms. The minimum absolute atomic E-state index is 0.282. The molecule has 0 aromatic carbocycles. The molecule has 0 saturated carbocycles. The van der Waals surface area contributed by atoms with Crippen LogP contribution in [-0.2, 0) is 4.84 Å². The van der Waals surface area contributed by atoms with Gasteiger partial charge in [0.05, 0.1) is 0 Å². The molecular formula is C9H18N2OS. The summed E-state index contributed by atoms with van der Waals surface area (Å²) >= 11 is 4.07. The molecule has 1 unspecified atom stereocenters. The quantitative estimate of drug-likeness (QED) is 0.528. The third-order valence-corrected chi connectivity index (χ3v) is 2.26. The fourth-order valence-electron chi connectivity index (χ4n) is 1.29. The standard InChI is InChI=1S/C9H18N2OS/c1-2-3-4-5-6-7-11-8-10-9(13)12-11/h8-9,13H,2-7H2,1H3. The van der Waals surface area contributed by atoms with Gasteiger partial charge in [0, 0.05) is 6.54 Å². The smallest absolute Gasteiger partial charge is 0.220 e. The highest BCUT2D eigenvalue weighted by Gasteiger charge is 2.12. The molecule has 0 aliphatic carbocycles. The zero-order valence-electron chi connectivity index (χ0n) is 8.15. The van der Waals surface area contributed by atoms with Gasteiger partial charge >= 0.3 is 0 Å². The van der Waals surface area contributed by atoms with Crippen LogP contribution in [0.15, 0.2) is 4.99 Å². The van der Waals surface area contributed by atoms with Crippen LogP contribution < -0.4 is 0 Å². The van der Waals surface area contributed by atoms with Crippen LogP contribution in [0.3, 0.4) is 0 Å². The normalized spacial score (nSPS) is 21.4. The van der Waals surface area contributed by atoms with Crippen LogP contribution in [0.2, 0.25) is 0 Å².